The van der Waals surface area contributed by atoms with Gasteiger partial charge in [-0.25, -0.2) is 9.59 Å². The van der Waals surface area contributed by atoms with E-state index in [0.717, 1.165) is 23.8 Å². The Balaban J connectivity index is 1.72. The Hall–Kier alpha value is -3.61. The van der Waals surface area contributed by atoms with Crippen molar-refractivity contribution in [3.63, 3.8) is 0 Å². The van der Waals surface area contributed by atoms with Crippen molar-refractivity contribution >= 4 is 28.5 Å². The summed E-state index contributed by atoms with van der Waals surface area (Å²) in [6.45, 7) is 1.76. The van der Waals surface area contributed by atoms with Crippen molar-refractivity contribution in [3.8, 4) is 5.75 Å². The molecule has 0 saturated heterocycles. The lowest BCUT2D eigenvalue weighted by molar-refractivity contribution is -0.118. The molecular formula is C22H21NO6. The summed E-state index contributed by atoms with van der Waals surface area (Å²) in [5.74, 6) is -0.595. The van der Waals surface area contributed by atoms with Gasteiger partial charge in [0.05, 0.1) is 18.4 Å². The third kappa shape index (κ3) is 4.82. The Morgan fingerprint density at radius 3 is 2.66 bits per heavy atom. The number of carbonyl (C=O) groups is 2. The highest BCUT2D eigenvalue weighted by molar-refractivity contribution is 6.01. The van der Waals surface area contributed by atoms with Gasteiger partial charge < -0.3 is 19.2 Å². The van der Waals surface area contributed by atoms with Crippen LogP contribution in [0, 0.1) is 0 Å². The Morgan fingerprint density at radius 1 is 1.10 bits per heavy atom. The SMILES string of the molecule is CCCc1cc(=O)oc2cc(OCC(=O)Nc3ccccc3C(=O)OC)ccc12. The largest absolute Gasteiger partial charge is 0.484 e. The summed E-state index contributed by atoms with van der Waals surface area (Å²) in [5, 5.41) is 3.47. The van der Waals surface area contributed by atoms with Gasteiger partial charge in [0.15, 0.2) is 6.61 Å². The van der Waals surface area contributed by atoms with E-state index in [-0.39, 0.29) is 12.2 Å². The number of anilines is 1. The van der Waals surface area contributed by atoms with Crippen molar-refractivity contribution in [1.29, 1.82) is 0 Å². The van der Waals surface area contributed by atoms with Crippen molar-refractivity contribution in [2.24, 2.45) is 0 Å². The van der Waals surface area contributed by atoms with Crippen molar-refractivity contribution in [3.05, 3.63) is 70.1 Å². The molecule has 3 rings (SSSR count). The number of aryl methyl sites for hydroxylation is 1. The Kier molecular flexibility index (Phi) is 6.29. The first kappa shape index (κ1) is 20.1. The molecule has 150 valence electrons. The number of amides is 1. The highest BCUT2D eigenvalue weighted by Crippen LogP contribution is 2.23. The number of hydrogen-bond donors (Lipinski definition) is 1. The number of esters is 1. The first-order valence-electron chi connectivity index (χ1n) is 9.18. The number of ether oxygens (including phenoxy) is 2. The summed E-state index contributed by atoms with van der Waals surface area (Å²) in [6, 6.07) is 13.1. The fourth-order valence-corrected chi connectivity index (χ4v) is 2.99. The van der Waals surface area contributed by atoms with E-state index < -0.39 is 17.5 Å². The lowest BCUT2D eigenvalue weighted by Crippen LogP contribution is -2.21. The number of carbonyl (C=O) groups excluding carboxylic acids is 2. The highest BCUT2D eigenvalue weighted by atomic mass is 16.5. The number of hydrogen-bond acceptors (Lipinski definition) is 6. The molecule has 2 aromatic carbocycles. The summed E-state index contributed by atoms with van der Waals surface area (Å²) in [5.41, 5.74) is 1.49. The number of methoxy groups -OCH3 is 1. The van der Waals surface area contributed by atoms with E-state index in [2.05, 4.69) is 5.32 Å². The number of fused-ring (bicyclic) bond motifs is 1. The maximum absolute atomic E-state index is 12.2. The molecular weight excluding hydrogens is 374 g/mol. The highest BCUT2D eigenvalue weighted by Gasteiger charge is 2.14. The van der Waals surface area contributed by atoms with Gasteiger partial charge in [-0.05, 0) is 36.2 Å². The third-order valence-corrected chi connectivity index (χ3v) is 4.30. The van der Waals surface area contributed by atoms with Crippen molar-refractivity contribution in [1.82, 2.24) is 0 Å². The zero-order chi connectivity index (χ0) is 20.8. The zero-order valence-corrected chi connectivity index (χ0v) is 16.2. The molecule has 1 aromatic heterocycles. The van der Waals surface area contributed by atoms with Gasteiger partial charge in [-0.2, -0.15) is 0 Å². The van der Waals surface area contributed by atoms with Crippen LogP contribution in [0.2, 0.25) is 0 Å². The van der Waals surface area contributed by atoms with Crippen LogP contribution >= 0.6 is 0 Å². The molecule has 0 aliphatic rings. The molecule has 0 atom stereocenters. The monoisotopic (exact) mass is 395 g/mol. The molecule has 1 heterocycles. The van der Waals surface area contributed by atoms with Crippen LogP contribution in [-0.2, 0) is 16.0 Å². The van der Waals surface area contributed by atoms with Crippen LogP contribution in [0.15, 0.2) is 57.7 Å². The summed E-state index contributed by atoms with van der Waals surface area (Å²) < 4.78 is 15.5. The van der Waals surface area contributed by atoms with Gasteiger partial charge in [0.2, 0.25) is 0 Å². The topological polar surface area (TPSA) is 94.8 Å². The smallest absolute Gasteiger partial charge is 0.339 e. The third-order valence-electron chi connectivity index (χ3n) is 4.30. The summed E-state index contributed by atoms with van der Waals surface area (Å²) in [7, 11) is 1.27. The average molecular weight is 395 g/mol. The molecule has 0 unspecified atom stereocenters. The van der Waals surface area contributed by atoms with E-state index in [0.29, 0.717) is 17.0 Å². The predicted octanol–water partition coefficient (Wildman–Crippen LogP) is 3.55. The first-order chi connectivity index (χ1) is 14.0. The Bertz CT molecular complexity index is 1100. The van der Waals surface area contributed by atoms with Gasteiger partial charge >= 0.3 is 11.6 Å². The summed E-state index contributed by atoms with van der Waals surface area (Å²) in [6.07, 6.45) is 1.67. The molecule has 7 nitrogen and oxygen atoms in total. The molecule has 3 aromatic rings. The normalized spacial score (nSPS) is 10.6. The van der Waals surface area contributed by atoms with Crippen LogP contribution in [0.5, 0.6) is 5.75 Å². The molecule has 0 spiro atoms. The second-order valence-corrected chi connectivity index (χ2v) is 6.37. The molecule has 0 bridgehead atoms. The molecule has 1 amide bonds. The first-order valence-corrected chi connectivity index (χ1v) is 9.18. The van der Waals surface area contributed by atoms with E-state index in [1.54, 1.807) is 36.4 Å². The van der Waals surface area contributed by atoms with Crippen LogP contribution in [0.4, 0.5) is 5.69 Å². The van der Waals surface area contributed by atoms with Gasteiger partial charge in [-0.3, -0.25) is 4.79 Å². The molecule has 0 aliphatic carbocycles. The van der Waals surface area contributed by atoms with Crippen molar-refractivity contribution in [2.75, 3.05) is 19.0 Å². The molecule has 7 heteroatoms. The molecule has 0 fully saturated rings. The molecule has 1 N–H and O–H groups in total. The second-order valence-electron chi connectivity index (χ2n) is 6.37. The van der Waals surface area contributed by atoms with E-state index >= 15 is 0 Å². The summed E-state index contributed by atoms with van der Waals surface area (Å²) in [4.78, 5) is 35.8. The number of rotatable bonds is 7. The number of nitrogens with one attached hydrogen (secondary N) is 1. The van der Waals surface area contributed by atoms with E-state index in [4.69, 9.17) is 13.9 Å². The van der Waals surface area contributed by atoms with Gasteiger partial charge in [0, 0.05) is 17.5 Å². The van der Waals surface area contributed by atoms with Crippen LogP contribution < -0.4 is 15.7 Å². The van der Waals surface area contributed by atoms with Crippen LogP contribution in [0.1, 0.15) is 29.3 Å². The lowest BCUT2D eigenvalue weighted by atomic mass is 10.1. The molecule has 0 aliphatic heterocycles. The standard InChI is InChI=1S/C22H21NO6/c1-3-6-14-11-21(25)29-19-12-15(9-10-16(14)19)28-13-20(24)23-18-8-5-4-7-17(18)22(26)27-2/h4-5,7-12H,3,6,13H2,1-2H3,(H,23,24). The fourth-order valence-electron chi connectivity index (χ4n) is 2.99. The Morgan fingerprint density at radius 2 is 1.90 bits per heavy atom. The second kappa shape index (κ2) is 9.05. The van der Waals surface area contributed by atoms with Crippen LogP contribution in [0.3, 0.4) is 0 Å². The fraction of sp³-hybridized carbons (Fsp3) is 0.227. The van der Waals surface area contributed by atoms with Gasteiger partial charge in [-0.1, -0.05) is 25.5 Å². The van der Waals surface area contributed by atoms with Gasteiger partial charge in [0.1, 0.15) is 11.3 Å². The van der Waals surface area contributed by atoms with Crippen LogP contribution in [0.25, 0.3) is 11.0 Å². The minimum atomic E-state index is -0.547. The van der Waals surface area contributed by atoms with Gasteiger partial charge in [0.25, 0.3) is 5.91 Å². The van der Waals surface area contributed by atoms with E-state index in [9.17, 15) is 14.4 Å². The molecule has 29 heavy (non-hydrogen) atoms. The maximum Gasteiger partial charge on any atom is 0.339 e. The number of para-hydroxylation sites is 1. The predicted molar refractivity (Wildman–Crippen MR) is 108 cm³/mol. The quantitative estimate of drug-likeness (QED) is 0.486. The zero-order valence-electron chi connectivity index (χ0n) is 16.2. The molecule has 0 saturated carbocycles. The average Bonchev–Trinajstić information content (AvgIpc) is 2.72. The van der Waals surface area contributed by atoms with Crippen molar-refractivity contribution in [2.45, 2.75) is 19.8 Å². The minimum Gasteiger partial charge on any atom is -0.484 e. The molecule has 0 radical (unpaired) electrons. The van der Waals surface area contributed by atoms with E-state index in [1.807, 2.05) is 13.0 Å². The van der Waals surface area contributed by atoms with Gasteiger partial charge in [-0.15, -0.1) is 0 Å². The summed E-state index contributed by atoms with van der Waals surface area (Å²) >= 11 is 0. The lowest BCUT2D eigenvalue weighted by Gasteiger charge is -2.11. The van der Waals surface area contributed by atoms with Crippen molar-refractivity contribution < 1.29 is 23.5 Å². The minimum absolute atomic E-state index is 0.249. The Labute approximate surface area is 167 Å². The van der Waals surface area contributed by atoms with E-state index in [1.165, 1.54) is 13.2 Å². The number of benzene rings is 2. The maximum atomic E-state index is 12.2. The van der Waals surface area contributed by atoms with Crippen LogP contribution in [-0.4, -0.2) is 25.6 Å².